The SMILES string of the molecule is Cc1c(C(=O)Nc2ccc(S(=O)(=O)Cl)cc2F)cnn1C. The number of carbonyl (C=O) groups excluding carboxylic acids is 1. The second kappa shape index (κ2) is 5.45. The third-order valence-corrected chi connectivity index (χ3v) is 4.30. The van der Waals surface area contributed by atoms with Gasteiger partial charge in [-0.2, -0.15) is 5.10 Å². The van der Waals surface area contributed by atoms with Gasteiger partial charge in [0.15, 0.2) is 0 Å². The Kier molecular flexibility index (Phi) is 4.02. The lowest BCUT2D eigenvalue weighted by Gasteiger charge is -2.07. The van der Waals surface area contributed by atoms with E-state index in [1.54, 1.807) is 14.0 Å². The Bertz CT molecular complexity index is 817. The standard InChI is InChI=1S/C12H11ClFN3O3S/c1-7-9(6-15-17(7)2)12(18)16-11-4-3-8(5-10(11)14)21(13,19)20/h3-6H,1-2H3,(H,16,18). The fourth-order valence-corrected chi connectivity index (χ4v) is 2.42. The highest BCUT2D eigenvalue weighted by atomic mass is 35.7. The number of nitrogens with one attached hydrogen (secondary N) is 1. The van der Waals surface area contributed by atoms with E-state index in [0.29, 0.717) is 11.3 Å². The maximum Gasteiger partial charge on any atom is 0.261 e. The smallest absolute Gasteiger partial charge is 0.261 e. The molecule has 2 aromatic rings. The molecular weight excluding hydrogens is 321 g/mol. The molecule has 2 rings (SSSR count). The monoisotopic (exact) mass is 331 g/mol. The second-order valence-electron chi connectivity index (χ2n) is 4.30. The Hall–Kier alpha value is -1.93. The van der Waals surface area contributed by atoms with Crippen molar-refractivity contribution in [3.8, 4) is 0 Å². The maximum atomic E-state index is 13.8. The summed E-state index contributed by atoms with van der Waals surface area (Å²) in [5.74, 6) is -1.44. The Morgan fingerprint density at radius 3 is 2.57 bits per heavy atom. The van der Waals surface area contributed by atoms with Crippen LogP contribution in [0.3, 0.4) is 0 Å². The predicted octanol–water partition coefficient (Wildman–Crippen LogP) is 2.05. The summed E-state index contributed by atoms with van der Waals surface area (Å²) in [5.41, 5.74) is 0.770. The molecule has 0 radical (unpaired) electrons. The number of aromatic nitrogens is 2. The number of amides is 1. The molecule has 1 aromatic heterocycles. The van der Waals surface area contributed by atoms with E-state index in [4.69, 9.17) is 10.7 Å². The van der Waals surface area contributed by atoms with Gasteiger partial charge in [0, 0.05) is 23.4 Å². The fourth-order valence-electron chi connectivity index (χ4n) is 1.66. The average Bonchev–Trinajstić information content (AvgIpc) is 2.71. The van der Waals surface area contributed by atoms with Crippen LogP contribution in [0.5, 0.6) is 0 Å². The quantitative estimate of drug-likeness (QED) is 0.873. The Morgan fingerprint density at radius 2 is 2.10 bits per heavy atom. The van der Waals surface area contributed by atoms with E-state index in [1.165, 1.54) is 10.9 Å². The predicted molar refractivity (Wildman–Crippen MR) is 75.3 cm³/mol. The van der Waals surface area contributed by atoms with Gasteiger partial charge in [0.25, 0.3) is 15.0 Å². The van der Waals surface area contributed by atoms with Crippen molar-refractivity contribution in [1.29, 1.82) is 0 Å². The lowest BCUT2D eigenvalue weighted by Crippen LogP contribution is -2.14. The summed E-state index contributed by atoms with van der Waals surface area (Å²) in [7, 11) is 2.77. The van der Waals surface area contributed by atoms with E-state index < -0.39 is 20.8 Å². The fraction of sp³-hybridized carbons (Fsp3) is 0.167. The maximum absolute atomic E-state index is 13.8. The van der Waals surface area contributed by atoms with Crippen LogP contribution >= 0.6 is 10.7 Å². The summed E-state index contributed by atoms with van der Waals surface area (Å²) in [6.45, 7) is 1.70. The zero-order valence-electron chi connectivity index (χ0n) is 11.1. The molecule has 1 heterocycles. The highest BCUT2D eigenvalue weighted by Crippen LogP contribution is 2.22. The molecule has 0 aliphatic rings. The zero-order chi connectivity index (χ0) is 15.8. The van der Waals surface area contributed by atoms with Crippen LogP contribution in [-0.2, 0) is 16.1 Å². The van der Waals surface area contributed by atoms with E-state index in [9.17, 15) is 17.6 Å². The van der Waals surface area contributed by atoms with Crippen molar-refractivity contribution in [2.75, 3.05) is 5.32 Å². The molecule has 21 heavy (non-hydrogen) atoms. The number of nitrogens with zero attached hydrogens (tertiary/aromatic N) is 2. The summed E-state index contributed by atoms with van der Waals surface area (Å²) in [6.07, 6.45) is 1.36. The van der Waals surface area contributed by atoms with E-state index >= 15 is 0 Å². The van der Waals surface area contributed by atoms with Crippen molar-refractivity contribution in [3.63, 3.8) is 0 Å². The molecule has 1 aromatic carbocycles. The van der Waals surface area contributed by atoms with E-state index in [-0.39, 0.29) is 10.6 Å². The molecule has 0 fully saturated rings. The normalized spacial score (nSPS) is 11.4. The first-order valence-corrected chi connectivity index (χ1v) is 8.05. The summed E-state index contributed by atoms with van der Waals surface area (Å²) >= 11 is 0. The molecule has 0 aliphatic carbocycles. The summed E-state index contributed by atoms with van der Waals surface area (Å²) in [5, 5.41) is 6.27. The van der Waals surface area contributed by atoms with Crippen LogP contribution in [0.15, 0.2) is 29.3 Å². The minimum atomic E-state index is -4.02. The van der Waals surface area contributed by atoms with Crippen molar-refractivity contribution in [1.82, 2.24) is 9.78 Å². The van der Waals surface area contributed by atoms with Gasteiger partial charge >= 0.3 is 0 Å². The van der Waals surface area contributed by atoms with Gasteiger partial charge < -0.3 is 5.32 Å². The number of rotatable bonds is 3. The van der Waals surface area contributed by atoms with Crippen molar-refractivity contribution in [2.24, 2.45) is 7.05 Å². The molecule has 1 N–H and O–H groups in total. The van der Waals surface area contributed by atoms with Gasteiger partial charge in [0.05, 0.1) is 22.3 Å². The van der Waals surface area contributed by atoms with Crippen LogP contribution < -0.4 is 5.32 Å². The lowest BCUT2D eigenvalue weighted by molar-refractivity contribution is 0.102. The zero-order valence-corrected chi connectivity index (χ0v) is 12.7. The van der Waals surface area contributed by atoms with Gasteiger partial charge in [-0.05, 0) is 25.1 Å². The van der Waals surface area contributed by atoms with Gasteiger partial charge in [-0.1, -0.05) is 0 Å². The van der Waals surface area contributed by atoms with Crippen molar-refractivity contribution in [3.05, 3.63) is 41.5 Å². The molecular formula is C12H11ClFN3O3S. The second-order valence-corrected chi connectivity index (χ2v) is 6.87. The first-order valence-electron chi connectivity index (χ1n) is 5.74. The van der Waals surface area contributed by atoms with Gasteiger partial charge in [-0.15, -0.1) is 0 Å². The third-order valence-electron chi connectivity index (χ3n) is 2.95. The van der Waals surface area contributed by atoms with Gasteiger partial charge in [0.2, 0.25) is 0 Å². The van der Waals surface area contributed by atoms with Crippen LogP contribution in [0.2, 0.25) is 0 Å². The topological polar surface area (TPSA) is 81.1 Å². The molecule has 6 nitrogen and oxygen atoms in total. The Morgan fingerprint density at radius 1 is 1.43 bits per heavy atom. The number of benzene rings is 1. The molecule has 0 bridgehead atoms. The molecule has 0 atom stereocenters. The Balaban J connectivity index is 2.28. The summed E-state index contributed by atoms with van der Waals surface area (Å²) in [6, 6.07) is 2.99. The van der Waals surface area contributed by atoms with Crippen LogP contribution in [0.1, 0.15) is 16.1 Å². The number of aryl methyl sites for hydroxylation is 1. The molecule has 0 spiro atoms. The van der Waals surface area contributed by atoms with E-state index in [2.05, 4.69) is 10.4 Å². The van der Waals surface area contributed by atoms with Crippen molar-refractivity contribution < 1.29 is 17.6 Å². The molecule has 0 saturated carbocycles. The van der Waals surface area contributed by atoms with Gasteiger partial charge in [0.1, 0.15) is 5.82 Å². The average molecular weight is 332 g/mol. The number of hydrogen-bond acceptors (Lipinski definition) is 4. The largest absolute Gasteiger partial charge is 0.319 e. The number of hydrogen-bond donors (Lipinski definition) is 1. The molecule has 112 valence electrons. The van der Waals surface area contributed by atoms with Crippen LogP contribution in [-0.4, -0.2) is 24.1 Å². The molecule has 9 heteroatoms. The lowest BCUT2D eigenvalue weighted by atomic mass is 10.2. The first kappa shape index (κ1) is 15.5. The molecule has 0 aliphatic heterocycles. The van der Waals surface area contributed by atoms with Gasteiger partial charge in [-0.25, -0.2) is 12.8 Å². The minimum Gasteiger partial charge on any atom is -0.319 e. The highest BCUT2D eigenvalue weighted by molar-refractivity contribution is 8.13. The number of carbonyl (C=O) groups is 1. The van der Waals surface area contributed by atoms with E-state index in [0.717, 1.165) is 18.2 Å². The highest BCUT2D eigenvalue weighted by Gasteiger charge is 2.17. The molecule has 0 saturated heterocycles. The first-order chi connectivity index (χ1) is 9.70. The van der Waals surface area contributed by atoms with Crippen LogP contribution in [0.4, 0.5) is 10.1 Å². The van der Waals surface area contributed by atoms with Gasteiger partial charge in [-0.3, -0.25) is 9.48 Å². The number of halogens is 2. The number of anilines is 1. The van der Waals surface area contributed by atoms with E-state index in [1.807, 2.05) is 0 Å². The summed E-state index contributed by atoms with van der Waals surface area (Å²) in [4.78, 5) is 11.6. The minimum absolute atomic E-state index is 0.146. The Labute approximate surface area is 124 Å². The third kappa shape index (κ3) is 3.22. The molecule has 1 amide bonds. The van der Waals surface area contributed by atoms with Crippen molar-refractivity contribution in [2.45, 2.75) is 11.8 Å². The van der Waals surface area contributed by atoms with Crippen LogP contribution in [0.25, 0.3) is 0 Å². The summed E-state index contributed by atoms with van der Waals surface area (Å²) < 4.78 is 37.5. The van der Waals surface area contributed by atoms with Crippen molar-refractivity contribution >= 4 is 31.3 Å². The van der Waals surface area contributed by atoms with Crippen LogP contribution in [0, 0.1) is 12.7 Å². The molecule has 0 unspecified atom stereocenters.